The molecule has 1 fully saturated rings. The molecule has 2 N–H and O–H groups in total. The number of hydrogen-bond donors (Lipinski definition) is 2. The summed E-state index contributed by atoms with van der Waals surface area (Å²) in [5.41, 5.74) is 2.43. The van der Waals surface area contributed by atoms with Gasteiger partial charge < -0.3 is 5.32 Å². The summed E-state index contributed by atoms with van der Waals surface area (Å²) in [5.74, 6) is -0.202. The molecule has 3 rings (SSSR count). The Bertz CT molecular complexity index is 912. The number of benzene rings is 1. The van der Waals surface area contributed by atoms with Crippen LogP contribution in [0.3, 0.4) is 0 Å². The molecular formula is C15H14N4O2S2. The van der Waals surface area contributed by atoms with Crippen LogP contribution in [0.4, 0.5) is 0 Å². The molecule has 1 aromatic carbocycles. The second-order valence-corrected chi connectivity index (χ2v) is 8.21. The van der Waals surface area contributed by atoms with Gasteiger partial charge in [0.2, 0.25) is 16.0 Å². The van der Waals surface area contributed by atoms with Crippen molar-refractivity contribution in [3.8, 4) is 17.2 Å². The van der Waals surface area contributed by atoms with Crippen molar-refractivity contribution in [1.29, 1.82) is 10.7 Å². The molecule has 0 saturated carbocycles. The molecule has 0 bridgehead atoms. The number of hydrogen-bond acceptors (Lipinski definition) is 5. The fourth-order valence-corrected chi connectivity index (χ4v) is 4.68. The zero-order chi connectivity index (χ0) is 16.6. The van der Waals surface area contributed by atoms with Gasteiger partial charge in [0.25, 0.3) is 0 Å². The van der Waals surface area contributed by atoms with Crippen LogP contribution >= 0.6 is 11.3 Å². The van der Waals surface area contributed by atoms with Crippen LogP contribution in [0.1, 0.15) is 16.5 Å². The predicted octanol–water partition coefficient (Wildman–Crippen LogP) is 2.13. The van der Waals surface area contributed by atoms with Gasteiger partial charge in [0, 0.05) is 11.9 Å². The summed E-state index contributed by atoms with van der Waals surface area (Å²) >= 11 is 1.44. The van der Waals surface area contributed by atoms with E-state index in [-0.39, 0.29) is 11.7 Å². The largest absolute Gasteiger partial charge is 0.347 e. The Hall–Kier alpha value is -2.37. The lowest BCUT2D eigenvalue weighted by Crippen LogP contribution is -2.51. The van der Waals surface area contributed by atoms with Crippen molar-refractivity contribution in [3.63, 3.8) is 0 Å². The molecule has 1 atom stereocenters. The van der Waals surface area contributed by atoms with E-state index in [1.165, 1.54) is 18.4 Å². The molecular weight excluding hydrogens is 332 g/mol. The Balaban J connectivity index is 1.90. The monoisotopic (exact) mass is 346 g/mol. The average Bonchev–Trinajstić information content (AvgIpc) is 3.02. The first-order chi connectivity index (χ1) is 10.9. The lowest BCUT2D eigenvalue weighted by Gasteiger charge is -2.31. The molecule has 0 amide bonds. The van der Waals surface area contributed by atoms with E-state index in [9.17, 15) is 8.42 Å². The van der Waals surface area contributed by atoms with Crippen molar-refractivity contribution >= 4 is 27.3 Å². The molecule has 0 spiro atoms. The molecule has 1 aliphatic rings. The smallest absolute Gasteiger partial charge is 0.239 e. The van der Waals surface area contributed by atoms with Crippen LogP contribution in [0.15, 0.2) is 35.7 Å². The topological polar surface area (TPSA) is 97.1 Å². The third kappa shape index (κ3) is 2.93. The van der Waals surface area contributed by atoms with Gasteiger partial charge in [-0.15, -0.1) is 11.3 Å². The number of rotatable bonds is 2. The number of guanidine groups is 1. The first kappa shape index (κ1) is 15.5. The highest BCUT2D eigenvalue weighted by molar-refractivity contribution is 7.89. The summed E-state index contributed by atoms with van der Waals surface area (Å²) in [5, 5.41) is 21.6. The molecule has 1 aliphatic heterocycles. The first-order valence-electron chi connectivity index (χ1n) is 6.81. The molecule has 2 aromatic rings. The van der Waals surface area contributed by atoms with E-state index in [1.54, 1.807) is 12.1 Å². The van der Waals surface area contributed by atoms with Crippen LogP contribution < -0.4 is 5.32 Å². The van der Waals surface area contributed by atoms with Crippen LogP contribution in [0.25, 0.3) is 11.1 Å². The number of sulfonamides is 1. The highest BCUT2D eigenvalue weighted by atomic mass is 32.2. The van der Waals surface area contributed by atoms with Gasteiger partial charge in [0.1, 0.15) is 0 Å². The summed E-state index contributed by atoms with van der Waals surface area (Å²) in [7, 11) is -2.09. The second-order valence-electron chi connectivity index (χ2n) is 5.22. The van der Waals surface area contributed by atoms with Crippen LogP contribution in [0, 0.1) is 16.7 Å². The third-order valence-corrected chi connectivity index (χ3v) is 6.53. The number of thiophene rings is 1. The maximum atomic E-state index is 12.0. The molecule has 0 radical (unpaired) electrons. The maximum absolute atomic E-state index is 12.0. The van der Waals surface area contributed by atoms with E-state index in [4.69, 9.17) is 10.7 Å². The highest BCUT2D eigenvalue weighted by Crippen LogP contribution is 2.32. The van der Waals surface area contributed by atoms with Crippen molar-refractivity contribution in [1.82, 2.24) is 9.62 Å². The molecule has 1 aromatic heterocycles. The maximum Gasteiger partial charge on any atom is 0.239 e. The van der Waals surface area contributed by atoms with Gasteiger partial charge in [-0.2, -0.15) is 5.26 Å². The highest BCUT2D eigenvalue weighted by Gasteiger charge is 2.33. The standard InChI is InChI=1S/C15H14N4O2S2/c1-19-15(17)18-13(9-23(19,20)21)14-6-12(8-22-14)11-4-2-3-10(5-11)7-16/h2-6,8,13H,9H2,1H3,(H2,17,18)/t13-/m0/s1. The summed E-state index contributed by atoms with van der Waals surface area (Å²) < 4.78 is 25.1. The minimum atomic E-state index is -3.46. The third-order valence-electron chi connectivity index (χ3n) is 3.71. The van der Waals surface area contributed by atoms with E-state index in [1.807, 2.05) is 23.6 Å². The molecule has 0 aliphatic carbocycles. The van der Waals surface area contributed by atoms with Crippen LogP contribution in [0.2, 0.25) is 0 Å². The van der Waals surface area contributed by atoms with Gasteiger partial charge in [-0.3, -0.25) is 5.41 Å². The van der Waals surface area contributed by atoms with Gasteiger partial charge in [-0.25, -0.2) is 12.7 Å². The van der Waals surface area contributed by atoms with Gasteiger partial charge in [0.05, 0.1) is 23.4 Å². The van der Waals surface area contributed by atoms with Crippen LogP contribution in [0.5, 0.6) is 0 Å². The molecule has 2 heterocycles. The number of nitriles is 1. The average molecular weight is 346 g/mol. The minimum absolute atomic E-state index is 0.0793. The van der Waals surface area contributed by atoms with Gasteiger partial charge in [-0.1, -0.05) is 12.1 Å². The van der Waals surface area contributed by atoms with Crippen molar-refractivity contribution in [2.24, 2.45) is 0 Å². The van der Waals surface area contributed by atoms with E-state index in [0.717, 1.165) is 20.3 Å². The molecule has 23 heavy (non-hydrogen) atoms. The summed E-state index contributed by atoms with van der Waals surface area (Å²) in [6, 6.07) is 10.9. The van der Waals surface area contributed by atoms with Crippen molar-refractivity contribution in [2.45, 2.75) is 6.04 Å². The van der Waals surface area contributed by atoms with Gasteiger partial charge >= 0.3 is 0 Å². The number of nitrogens with zero attached hydrogens (tertiary/aromatic N) is 2. The Morgan fingerprint density at radius 1 is 1.39 bits per heavy atom. The zero-order valence-electron chi connectivity index (χ0n) is 12.3. The number of nitrogens with one attached hydrogen (secondary N) is 2. The Morgan fingerprint density at radius 3 is 2.87 bits per heavy atom. The molecule has 6 nitrogen and oxygen atoms in total. The first-order valence-corrected chi connectivity index (χ1v) is 9.30. The second kappa shape index (κ2) is 5.68. The predicted molar refractivity (Wildman–Crippen MR) is 89.6 cm³/mol. The fourth-order valence-electron chi connectivity index (χ4n) is 2.37. The normalized spacial score (nSPS) is 19.9. The molecule has 0 unspecified atom stereocenters. The molecule has 118 valence electrons. The summed E-state index contributed by atoms with van der Waals surface area (Å²) in [4.78, 5) is 0.851. The fraction of sp³-hybridized carbons (Fsp3) is 0.200. The van der Waals surface area contributed by atoms with Crippen LogP contribution in [-0.2, 0) is 10.0 Å². The van der Waals surface area contributed by atoms with Crippen molar-refractivity contribution in [3.05, 3.63) is 46.2 Å². The lowest BCUT2D eigenvalue weighted by atomic mass is 10.1. The SMILES string of the molecule is CN1C(=N)N[C@H](c2cc(-c3cccc(C#N)c3)cs2)CS1(=O)=O. The Kier molecular flexibility index (Phi) is 3.83. The van der Waals surface area contributed by atoms with E-state index in [0.29, 0.717) is 5.56 Å². The minimum Gasteiger partial charge on any atom is -0.347 e. The quantitative estimate of drug-likeness (QED) is 0.870. The van der Waals surface area contributed by atoms with Crippen molar-refractivity contribution in [2.75, 3.05) is 12.8 Å². The van der Waals surface area contributed by atoms with Gasteiger partial charge in [0.15, 0.2) is 0 Å². The van der Waals surface area contributed by atoms with Gasteiger partial charge in [-0.05, 0) is 34.7 Å². The Labute approximate surface area is 138 Å². The van der Waals surface area contributed by atoms with E-state index >= 15 is 0 Å². The van der Waals surface area contributed by atoms with Crippen LogP contribution in [-0.4, -0.2) is 31.5 Å². The zero-order valence-corrected chi connectivity index (χ0v) is 13.9. The lowest BCUT2D eigenvalue weighted by molar-refractivity contribution is 0.508. The summed E-state index contributed by atoms with van der Waals surface area (Å²) in [6.07, 6.45) is 0. The molecule has 8 heteroatoms. The summed E-state index contributed by atoms with van der Waals surface area (Å²) in [6.45, 7) is 0. The van der Waals surface area contributed by atoms with E-state index in [2.05, 4.69) is 11.4 Å². The Morgan fingerprint density at radius 2 is 2.17 bits per heavy atom. The van der Waals surface area contributed by atoms with Crippen molar-refractivity contribution < 1.29 is 8.42 Å². The van der Waals surface area contributed by atoms with E-state index < -0.39 is 16.1 Å². The molecule has 1 saturated heterocycles.